The average Bonchev–Trinajstić information content (AvgIpc) is 2.32. The average molecular weight is 288 g/mol. The normalized spacial score (nSPS) is 11.1. The van der Waals surface area contributed by atoms with Crippen molar-refractivity contribution in [1.29, 1.82) is 0 Å². The Morgan fingerprint density at radius 3 is 2.68 bits per heavy atom. The lowest BCUT2D eigenvalue weighted by Crippen LogP contribution is -2.36. The molecule has 0 heterocycles. The molecule has 1 aromatic carbocycles. The van der Waals surface area contributed by atoms with Crippen LogP contribution >= 0.6 is 11.6 Å². The molecule has 0 fully saturated rings. The SMILES string of the molecule is CCOC(=O)CN(Cc1c(F)cccc1Cl)C(C)C. The second-order valence-electron chi connectivity index (χ2n) is 4.50. The van der Waals surface area contributed by atoms with Gasteiger partial charge in [0.1, 0.15) is 5.82 Å². The van der Waals surface area contributed by atoms with Gasteiger partial charge in [0, 0.05) is 23.2 Å². The number of halogens is 2. The van der Waals surface area contributed by atoms with Gasteiger partial charge in [0.2, 0.25) is 0 Å². The van der Waals surface area contributed by atoms with Gasteiger partial charge in [0.15, 0.2) is 0 Å². The van der Waals surface area contributed by atoms with Crippen molar-refractivity contribution in [3.05, 3.63) is 34.6 Å². The molecule has 0 bridgehead atoms. The van der Waals surface area contributed by atoms with Gasteiger partial charge < -0.3 is 4.74 Å². The highest BCUT2D eigenvalue weighted by molar-refractivity contribution is 6.31. The second kappa shape index (κ2) is 7.46. The van der Waals surface area contributed by atoms with E-state index in [9.17, 15) is 9.18 Å². The zero-order valence-electron chi connectivity index (χ0n) is 11.5. The van der Waals surface area contributed by atoms with Crippen molar-refractivity contribution in [2.75, 3.05) is 13.2 Å². The van der Waals surface area contributed by atoms with Crippen LogP contribution in [0.4, 0.5) is 4.39 Å². The molecule has 0 spiro atoms. The summed E-state index contributed by atoms with van der Waals surface area (Å²) < 4.78 is 18.6. The first-order chi connectivity index (χ1) is 8.95. The van der Waals surface area contributed by atoms with E-state index < -0.39 is 0 Å². The van der Waals surface area contributed by atoms with Gasteiger partial charge >= 0.3 is 5.97 Å². The van der Waals surface area contributed by atoms with Gasteiger partial charge in [0.05, 0.1) is 13.2 Å². The lowest BCUT2D eigenvalue weighted by atomic mass is 10.1. The number of benzene rings is 1. The third-order valence-electron chi connectivity index (χ3n) is 2.79. The molecular formula is C14H19ClFNO2. The van der Waals surface area contributed by atoms with E-state index in [1.807, 2.05) is 18.7 Å². The standard InChI is InChI=1S/C14H19ClFNO2/c1-4-19-14(18)9-17(10(2)3)8-11-12(15)6-5-7-13(11)16/h5-7,10H,4,8-9H2,1-3H3. The van der Waals surface area contributed by atoms with E-state index in [1.54, 1.807) is 19.1 Å². The molecule has 106 valence electrons. The maximum atomic E-state index is 13.7. The number of rotatable bonds is 6. The Balaban J connectivity index is 2.81. The van der Waals surface area contributed by atoms with Crippen LogP contribution in [-0.4, -0.2) is 30.1 Å². The Morgan fingerprint density at radius 2 is 2.16 bits per heavy atom. The van der Waals surface area contributed by atoms with Crippen LogP contribution < -0.4 is 0 Å². The predicted octanol–water partition coefficient (Wildman–Crippen LogP) is 3.25. The molecule has 0 N–H and O–H groups in total. The van der Waals surface area contributed by atoms with Crippen molar-refractivity contribution >= 4 is 17.6 Å². The lowest BCUT2D eigenvalue weighted by Gasteiger charge is -2.26. The Labute approximate surface area is 118 Å². The van der Waals surface area contributed by atoms with Crippen molar-refractivity contribution in [2.24, 2.45) is 0 Å². The third kappa shape index (κ3) is 4.80. The van der Waals surface area contributed by atoms with E-state index in [-0.39, 0.29) is 30.9 Å². The predicted molar refractivity (Wildman–Crippen MR) is 73.6 cm³/mol. The first-order valence-corrected chi connectivity index (χ1v) is 6.66. The fourth-order valence-electron chi connectivity index (χ4n) is 1.68. The van der Waals surface area contributed by atoms with Crippen LogP contribution in [0.5, 0.6) is 0 Å². The largest absolute Gasteiger partial charge is 0.465 e. The zero-order chi connectivity index (χ0) is 14.4. The van der Waals surface area contributed by atoms with Gasteiger partial charge in [-0.05, 0) is 32.9 Å². The minimum atomic E-state index is -0.359. The van der Waals surface area contributed by atoms with Crippen LogP contribution in [0.3, 0.4) is 0 Å². The number of hydrogen-bond acceptors (Lipinski definition) is 3. The van der Waals surface area contributed by atoms with E-state index in [0.717, 1.165) is 0 Å². The molecule has 1 aromatic rings. The Bertz CT molecular complexity index is 417. The minimum Gasteiger partial charge on any atom is -0.465 e. The fraction of sp³-hybridized carbons (Fsp3) is 0.500. The van der Waals surface area contributed by atoms with Crippen molar-refractivity contribution in [3.8, 4) is 0 Å². The molecule has 0 aliphatic heterocycles. The highest BCUT2D eigenvalue weighted by atomic mass is 35.5. The molecule has 0 radical (unpaired) electrons. The van der Waals surface area contributed by atoms with Crippen LogP contribution in [0.25, 0.3) is 0 Å². The van der Waals surface area contributed by atoms with Gasteiger partial charge in [-0.1, -0.05) is 17.7 Å². The summed E-state index contributed by atoms with van der Waals surface area (Å²) in [5, 5.41) is 0.370. The van der Waals surface area contributed by atoms with Crippen molar-refractivity contribution < 1.29 is 13.9 Å². The van der Waals surface area contributed by atoms with Crippen LogP contribution in [0.15, 0.2) is 18.2 Å². The smallest absolute Gasteiger partial charge is 0.320 e. The molecule has 3 nitrogen and oxygen atoms in total. The highest BCUT2D eigenvalue weighted by Crippen LogP contribution is 2.21. The number of ether oxygens (including phenoxy) is 1. The molecule has 0 atom stereocenters. The lowest BCUT2D eigenvalue weighted by molar-refractivity contribution is -0.145. The Kier molecular flexibility index (Phi) is 6.25. The zero-order valence-corrected chi connectivity index (χ0v) is 12.2. The summed E-state index contributed by atoms with van der Waals surface area (Å²) in [5.74, 6) is -0.675. The number of hydrogen-bond donors (Lipinski definition) is 0. The maximum Gasteiger partial charge on any atom is 0.320 e. The van der Waals surface area contributed by atoms with Crippen LogP contribution in [0, 0.1) is 5.82 Å². The second-order valence-corrected chi connectivity index (χ2v) is 4.91. The van der Waals surface area contributed by atoms with Crippen molar-refractivity contribution in [1.82, 2.24) is 4.90 Å². The molecule has 0 amide bonds. The third-order valence-corrected chi connectivity index (χ3v) is 3.14. The summed E-state index contributed by atoms with van der Waals surface area (Å²) in [5.41, 5.74) is 0.405. The summed E-state index contributed by atoms with van der Waals surface area (Å²) in [6, 6.07) is 4.65. The van der Waals surface area contributed by atoms with E-state index in [1.165, 1.54) is 6.07 Å². The summed E-state index contributed by atoms with van der Waals surface area (Å²) in [6.45, 7) is 6.37. The number of carbonyl (C=O) groups excluding carboxylic acids is 1. The first kappa shape index (κ1) is 15.9. The molecule has 0 aliphatic rings. The number of esters is 1. The molecule has 0 aromatic heterocycles. The monoisotopic (exact) mass is 287 g/mol. The summed E-state index contributed by atoms with van der Waals surface area (Å²) in [6.07, 6.45) is 0. The fourth-order valence-corrected chi connectivity index (χ4v) is 1.90. The molecule has 0 saturated carbocycles. The van der Waals surface area contributed by atoms with Crippen LogP contribution in [0.1, 0.15) is 26.3 Å². The van der Waals surface area contributed by atoms with E-state index in [2.05, 4.69) is 0 Å². The van der Waals surface area contributed by atoms with Gasteiger partial charge in [-0.15, -0.1) is 0 Å². The molecule has 0 saturated heterocycles. The summed E-state index contributed by atoms with van der Waals surface area (Å²) in [4.78, 5) is 13.3. The maximum absolute atomic E-state index is 13.7. The van der Waals surface area contributed by atoms with Crippen LogP contribution in [-0.2, 0) is 16.1 Å². The van der Waals surface area contributed by atoms with Crippen LogP contribution in [0.2, 0.25) is 5.02 Å². The van der Waals surface area contributed by atoms with Crippen molar-refractivity contribution in [3.63, 3.8) is 0 Å². The quantitative estimate of drug-likeness (QED) is 0.752. The van der Waals surface area contributed by atoms with Gasteiger partial charge in [-0.2, -0.15) is 0 Å². The molecule has 0 unspecified atom stereocenters. The molecule has 1 rings (SSSR count). The first-order valence-electron chi connectivity index (χ1n) is 6.28. The van der Waals surface area contributed by atoms with E-state index in [4.69, 9.17) is 16.3 Å². The number of carbonyl (C=O) groups is 1. The van der Waals surface area contributed by atoms with Gasteiger partial charge in [-0.3, -0.25) is 9.69 Å². The molecule has 5 heteroatoms. The molecule has 0 aliphatic carbocycles. The van der Waals surface area contributed by atoms with Crippen molar-refractivity contribution in [2.45, 2.75) is 33.4 Å². The van der Waals surface area contributed by atoms with E-state index >= 15 is 0 Å². The Morgan fingerprint density at radius 1 is 1.47 bits per heavy atom. The van der Waals surface area contributed by atoms with Gasteiger partial charge in [-0.25, -0.2) is 4.39 Å². The Hall–Kier alpha value is -1.13. The molecular weight excluding hydrogens is 269 g/mol. The summed E-state index contributed by atoms with van der Waals surface area (Å²) >= 11 is 5.99. The molecule has 19 heavy (non-hydrogen) atoms. The topological polar surface area (TPSA) is 29.5 Å². The minimum absolute atomic E-state index is 0.0834. The number of nitrogens with zero attached hydrogens (tertiary/aromatic N) is 1. The highest BCUT2D eigenvalue weighted by Gasteiger charge is 2.18. The van der Waals surface area contributed by atoms with E-state index in [0.29, 0.717) is 17.2 Å². The summed E-state index contributed by atoms with van der Waals surface area (Å²) in [7, 11) is 0. The van der Waals surface area contributed by atoms with Gasteiger partial charge in [0.25, 0.3) is 0 Å².